The molecule has 0 amide bonds. The number of aromatic nitrogens is 4. The normalized spacial score (nSPS) is 10.4. The molecule has 0 fully saturated rings. The Morgan fingerprint density at radius 1 is 1.25 bits per heavy atom. The average Bonchev–Trinajstić information content (AvgIpc) is 2.71. The van der Waals surface area contributed by atoms with Crippen LogP contribution in [0.5, 0.6) is 0 Å². The van der Waals surface area contributed by atoms with Crippen LogP contribution in [-0.4, -0.2) is 26.5 Å². The van der Waals surface area contributed by atoms with Crippen LogP contribution in [0, 0.1) is 20.8 Å². The smallest absolute Gasteiger partial charge is 0.168 e. The number of aromatic amines is 1. The molecule has 0 saturated carbocycles. The first-order chi connectivity index (χ1) is 7.63. The number of rotatable bonds is 2. The molecule has 2 rings (SSSR count). The highest BCUT2D eigenvalue weighted by Gasteiger charge is 2.13. The Labute approximate surface area is 92.9 Å². The van der Waals surface area contributed by atoms with E-state index in [1.54, 1.807) is 6.20 Å². The number of hydrogen-bond acceptors (Lipinski definition) is 4. The molecule has 0 radical (unpaired) electrons. The number of nitrogens with zero attached hydrogens (tertiary/aromatic N) is 3. The van der Waals surface area contributed by atoms with Gasteiger partial charge >= 0.3 is 0 Å². The second kappa shape index (κ2) is 3.84. The molecule has 5 heteroatoms. The highest BCUT2D eigenvalue weighted by atomic mass is 16.1. The molecule has 0 aliphatic heterocycles. The maximum Gasteiger partial charge on any atom is 0.168 e. The zero-order valence-electron chi connectivity index (χ0n) is 9.40. The zero-order valence-corrected chi connectivity index (χ0v) is 9.40. The second-order valence-corrected chi connectivity index (χ2v) is 3.65. The molecule has 2 aromatic heterocycles. The van der Waals surface area contributed by atoms with Gasteiger partial charge in [0.25, 0.3) is 0 Å². The van der Waals surface area contributed by atoms with Crippen LogP contribution in [0.3, 0.4) is 0 Å². The Morgan fingerprint density at radius 2 is 2.00 bits per heavy atom. The van der Waals surface area contributed by atoms with E-state index in [1.807, 2.05) is 20.8 Å². The summed E-state index contributed by atoms with van der Waals surface area (Å²) < 4.78 is 0. The molecule has 82 valence electrons. The number of aryl methyl sites for hydroxylation is 2. The molecular formula is C11H12N4O. The van der Waals surface area contributed by atoms with Crippen molar-refractivity contribution in [3.63, 3.8) is 0 Å². The lowest BCUT2D eigenvalue weighted by Crippen LogP contribution is -1.99. The maximum atomic E-state index is 10.8. The van der Waals surface area contributed by atoms with E-state index in [2.05, 4.69) is 20.2 Å². The first kappa shape index (κ1) is 10.5. The summed E-state index contributed by atoms with van der Waals surface area (Å²) in [6.07, 6.45) is 2.35. The SMILES string of the molecule is Cc1nc(C)c(C)c(-c2cn[nH]c2C=O)n1. The molecule has 2 heterocycles. The number of nitrogens with one attached hydrogen (secondary N) is 1. The molecule has 0 aromatic carbocycles. The first-order valence-corrected chi connectivity index (χ1v) is 4.94. The molecule has 2 aromatic rings. The molecule has 0 saturated heterocycles. The number of H-pyrrole nitrogens is 1. The highest BCUT2D eigenvalue weighted by Crippen LogP contribution is 2.23. The van der Waals surface area contributed by atoms with Gasteiger partial charge in [-0.15, -0.1) is 0 Å². The number of hydrogen-bond donors (Lipinski definition) is 1. The first-order valence-electron chi connectivity index (χ1n) is 4.94. The summed E-state index contributed by atoms with van der Waals surface area (Å²) in [5, 5.41) is 6.49. The van der Waals surface area contributed by atoms with E-state index in [1.165, 1.54) is 0 Å². The third-order valence-corrected chi connectivity index (χ3v) is 2.54. The summed E-state index contributed by atoms with van der Waals surface area (Å²) in [6, 6.07) is 0. The van der Waals surface area contributed by atoms with Crippen molar-refractivity contribution in [2.45, 2.75) is 20.8 Å². The molecule has 0 bridgehead atoms. The summed E-state index contributed by atoms with van der Waals surface area (Å²) in [4.78, 5) is 19.5. The van der Waals surface area contributed by atoms with E-state index < -0.39 is 0 Å². The van der Waals surface area contributed by atoms with Gasteiger partial charge in [-0.3, -0.25) is 9.89 Å². The summed E-state index contributed by atoms with van der Waals surface area (Å²) >= 11 is 0. The van der Waals surface area contributed by atoms with Crippen molar-refractivity contribution in [1.82, 2.24) is 20.2 Å². The van der Waals surface area contributed by atoms with Crippen LogP contribution in [0.1, 0.15) is 27.6 Å². The van der Waals surface area contributed by atoms with E-state index in [0.29, 0.717) is 11.5 Å². The van der Waals surface area contributed by atoms with Crippen molar-refractivity contribution in [3.05, 3.63) is 29.0 Å². The van der Waals surface area contributed by atoms with Gasteiger partial charge in [0, 0.05) is 11.3 Å². The Balaban J connectivity index is 2.68. The minimum atomic E-state index is 0.445. The number of aldehydes is 1. The molecule has 0 aliphatic carbocycles. The maximum absolute atomic E-state index is 10.8. The number of carbonyl (C=O) groups is 1. The molecule has 0 aliphatic rings. The fourth-order valence-corrected chi connectivity index (χ4v) is 1.61. The summed E-state index contributed by atoms with van der Waals surface area (Å²) in [5.41, 5.74) is 3.82. The molecule has 5 nitrogen and oxygen atoms in total. The topological polar surface area (TPSA) is 71.5 Å². The van der Waals surface area contributed by atoms with Crippen molar-refractivity contribution in [2.24, 2.45) is 0 Å². The van der Waals surface area contributed by atoms with Crippen molar-refractivity contribution in [2.75, 3.05) is 0 Å². The molecule has 0 atom stereocenters. The Hall–Kier alpha value is -2.04. The Kier molecular flexibility index (Phi) is 2.52. The zero-order chi connectivity index (χ0) is 11.7. The van der Waals surface area contributed by atoms with Crippen LogP contribution >= 0.6 is 0 Å². The van der Waals surface area contributed by atoms with Crippen LogP contribution in [0.4, 0.5) is 0 Å². The van der Waals surface area contributed by atoms with Gasteiger partial charge in [-0.1, -0.05) is 0 Å². The molecule has 16 heavy (non-hydrogen) atoms. The lowest BCUT2D eigenvalue weighted by atomic mass is 10.1. The van der Waals surface area contributed by atoms with Crippen LogP contribution in [0.15, 0.2) is 6.20 Å². The third-order valence-electron chi connectivity index (χ3n) is 2.54. The monoisotopic (exact) mass is 216 g/mol. The van der Waals surface area contributed by atoms with Gasteiger partial charge in [0.05, 0.1) is 11.9 Å². The van der Waals surface area contributed by atoms with Gasteiger partial charge < -0.3 is 0 Å². The quantitative estimate of drug-likeness (QED) is 0.774. The predicted molar refractivity (Wildman–Crippen MR) is 59.2 cm³/mol. The van der Waals surface area contributed by atoms with E-state index >= 15 is 0 Å². The molecule has 0 unspecified atom stereocenters. The van der Waals surface area contributed by atoms with E-state index in [0.717, 1.165) is 28.8 Å². The van der Waals surface area contributed by atoms with Crippen molar-refractivity contribution < 1.29 is 4.79 Å². The lowest BCUT2D eigenvalue weighted by Gasteiger charge is -2.07. The fraction of sp³-hybridized carbons (Fsp3) is 0.273. The van der Waals surface area contributed by atoms with Gasteiger partial charge in [0.1, 0.15) is 11.5 Å². The predicted octanol–water partition coefficient (Wildman–Crippen LogP) is 1.60. The minimum Gasteiger partial charge on any atom is -0.296 e. The van der Waals surface area contributed by atoms with Crippen molar-refractivity contribution >= 4 is 6.29 Å². The lowest BCUT2D eigenvalue weighted by molar-refractivity contribution is 0.111. The Bertz CT molecular complexity index is 545. The van der Waals surface area contributed by atoms with Gasteiger partial charge in [0.2, 0.25) is 0 Å². The van der Waals surface area contributed by atoms with E-state index in [9.17, 15) is 4.79 Å². The van der Waals surface area contributed by atoms with Crippen LogP contribution in [-0.2, 0) is 0 Å². The summed E-state index contributed by atoms with van der Waals surface area (Å²) in [5.74, 6) is 0.691. The molecule has 1 N–H and O–H groups in total. The van der Waals surface area contributed by atoms with Crippen LogP contribution < -0.4 is 0 Å². The number of carbonyl (C=O) groups excluding carboxylic acids is 1. The fourth-order valence-electron chi connectivity index (χ4n) is 1.61. The van der Waals surface area contributed by atoms with Crippen LogP contribution in [0.25, 0.3) is 11.3 Å². The second-order valence-electron chi connectivity index (χ2n) is 3.65. The van der Waals surface area contributed by atoms with E-state index in [-0.39, 0.29) is 0 Å². The highest BCUT2D eigenvalue weighted by molar-refractivity contribution is 5.84. The van der Waals surface area contributed by atoms with Gasteiger partial charge in [-0.2, -0.15) is 5.10 Å². The Morgan fingerprint density at radius 3 is 2.69 bits per heavy atom. The summed E-state index contributed by atoms with van der Waals surface area (Å²) in [7, 11) is 0. The molecule has 0 spiro atoms. The van der Waals surface area contributed by atoms with E-state index in [4.69, 9.17) is 0 Å². The molecular weight excluding hydrogens is 204 g/mol. The van der Waals surface area contributed by atoms with Gasteiger partial charge in [0.15, 0.2) is 6.29 Å². The standard InChI is InChI=1S/C11H12N4O/c1-6-7(2)13-8(3)14-11(6)9-4-12-15-10(9)5-16/h4-5H,1-3H3,(H,12,15). The third kappa shape index (κ3) is 1.60. The summed E-state index contributed by atoms with van der Waals surface area (Å²) in [6.45, 7) is 5.69. The average molecular weight is 216 g/mol. The van der Waals surface area contributed by atoms with Gasteiger partial charge in [-0.25, -0.2) is 9.97 Å². The van der Waals surface area contributed by atoms with Crippen molar-refractivity contribution in [3.8, 4) is 11.3 Å². The van der Waals surface area contributed by atoms with Gasteiger partial charge in [-0.05, 0) is 26.3 Å². The largest absolute Gasteiger partial charge is 0.296 e. The van der Waals surface area contributed by atoms with Crippen molar-refractivity contribution in [1.29, 1.82) is 0 Å². The van der Waals surface area contributed by atoms with Crippen LogP contribution in [0.2, 0.25) is 0 Å². The minimum absolute atomic E-state index is 0.445.